The second-order valence-electron chi connectivity index (χ2n) is 4.13. The third-order valence-electron chi connectivity index (χ3n) is 2.85. The molecule has 92 valence electrons. The zero-order valence-electron chi connectivity index (χ0n) is 10.5. The highest BCUT2D eigenvalue weighted by Gasteiger charge is 2.08. The van der Waals surface area contributed by atoms with E-state index in [4.69, 9.17) is 10.5 Å². The topological polar surface area (TPSA) is 72.5 Å². The number of pyridine rings is 1. The minimum atomic E-state index is 0.0315. The molecular formula is C15H12N4. The summed E-state index contributed by atoms with van der Waals surface area (Å²) in [6.45, 7) is 2.00. The van der Waals surface area contributed by atoms with Gasteiger partial charge in [0.15, 0.2) is 0 Å². The largest absolute Gasteiger partial charge is 0.376 e. The fourth-order valence-electron chi connectivity index (χ4n) is 1.77. The standard InChI is InChI=1S/C15H12N4/c1-11(13-4-2-12(8-16)3-5-13)19-15-10-18-7-6-14(15)9-17/h2-7,10-11,19H,1H3. The highest BCUT2D eigenvalue weighted by Crippen LogP contribution is 2.21. The van der Waals surface area contributed by atoms with E-state index in [1.807, 2.05) is 19.1 Å². The lowest BCUT2D eigenvalue weighted by Crippen LogP contribution is -2.08. The molecule has 1 heterocycles. The van der Waals surface area contributed by atoms with Gasteiger partial charge in [-0.25, -0.2) is 0 Å². The molecule has 0 fully saturated rings. The smallest absolute Gasteiger partial charge is 0.101 e. The molecule has 4 heteroatoms. The molecule has 2 rings (SSSR count). The van der Waals surface area contributed by atoms with Crippen LogP contribution in [0.5, 0.6) is 0 Å². The molecule has 0 spiro atoms. The highest BCUT2D eigenvalue weighted by atomic mass is 14.9. The van der Waals surface area contributed by atoms with Gasteiger partial charge in [-0.3, -0.25) is 4.98 Å². The molecule has 0 saturated carbocycles. The van der Waals surface area contributed by atoms with Gasteiger partial charge in [0.05, 0.1) is 29.1 Å². The van der Waals surface area contributed by atoms with E-state index in [9.17, 15) is 0 Å². The third-order valence-corrected chi connectivity index (χ3v) is 2.85. The van der Waals surface area contributed by atoms with E-state index in [2.05, 4.69) is 22.4 Å². The van der Waals surface area contributed by atoms with Crippen molar-refractivity contribution in [3.63, 3.8) is 0 Å². The van der Waals surface area contributed by atoms with Crippen LogP contribution in [0, 0.1) is 22.7 Å². The van der Waals surface area contributed by atoms with Crippen LogP contribution >= 0.6 is 0 Å². The molecule has 19 heavy (non-hydrogen) atoms. The predicted molar refractivity (Wildman–Crippen MR) is 72.1 cm³/mol. The first-order valence-electron chi connectivity index (χ1n) is 5.85. The summed E-state index contributed by atoms with van der Waals surface area (Å²) in [6.07, 6.45) is 3.23. The first-order valence-corrected chi connectivity index (χ1v) is 5.85. The van der Waals surface area contributed by atoms with Crippen molar-refractivity contribution < 1.29 is 0 Å². The first-order chi connectivity index (χ1) is 9.24. The van der Waals surface area contributed by atoms with Crippen molar-refractivity contribution >= 4 is 5.69 Å². The van der Waals surface area contributed by atoms with Crippen molar-refractivity contribution in [1.82, 2.24) is 4.98 Å². The van der Waals surface area contributed by atoms with Gasteiger partial charge in [0, 0.05) is 12.2 Å². The zero-order valence-corrected chi connectivity index (χ0v) is 10.5. The van der Waals surface area contributed by atoms with Gasteiger partial charge in [-0.1, -0.05) is 12.1 Å². The molecule has 4 nitrogen and oxygen atoms in total. The highest BCUT2D eigenvalue weighted by molar-refractivity contribution is 5.56. The Morgan fingerprint density at radius 1 is 1.11 bits per heavy atom. The van der Waals surface area contributed by atoms with Crippen LogP contribution in [-0.2, 0) is 0 Å². The summed E-state index contributed by atoms with van der Waals surface area (Å²) < 4.78 is 0. The van der Waals surface area contributed by atoms with Gasteiger partial charge in [0.1, 0.15) is 6.07 Å². The van der Waals surface area contributed by atoms with Crippen molar-refractivity contribution in [2.24, 2.45) is 0 Å². The fraction of sp³-hybridized carbons (Fsp3) is 0.133. The monoisotopic (exact) mass is 248 g/mol. The normalized spacial score (nSPS) is 11.1. The van der Waals surface area contributed by atoms with E-state index in [-0.39, 0.29) is 6.04 Å². The lowest BCUT2D eigenvalue weighted by Gasteiger charge is -2.16. The summed E-state index contributed by atoms with van der Waals surface area (Å²) in [7, 11) is 0. The SMILES string of the molecule is CC(Nc1cnccc1C#N)c1ccc(C#N)cc1. The average molecular weight is 248 g/mol. The van der Waals surface area contributed by atoms with Gasteiger partial charge in [0.25, 0.3) is 0 Å². The van der Waals surface area contributed by atoms with Crippen LogP contribution in [0.4, 0.5) is 5.69 Å². The van der Waals surface area contributed by atoms with Crippen molar-refractivity contribution in [2.75, 3.05) is 5.32 Å². The molecule has 1 N–H and O–H groups in total. The van der Waals surface area contributed by atoms with E-state index >= 15 is 0 Å². The number of nitriles is 2. The Hall–Kier alpha value is -2.85. The zero-order chi connectivity index (χ0) is 13.7. The summed E-state index contributed by atoms with van der Waals surface area (Å²) in [4.78, 5) is 4.01. The summed E-state index contributed by atoms with van der Waals surface area (Å²) in [5, 5.41) is 21.0. The number of hydrogen-bond donors (Lipinski definition) is 1. The molecule has 0 aliphatic heterocycles. The van der Waals surface area contributed by atoms with Crippen LogP contribution in [-0.4, -0.2) is 4.98 Å². The molecule has 0 saturated heterocycles. The van der Waals surface area contributed by atoms with Crippen LogP contribution in [0.2, 0.25) is 0 Å². The maximum absolute atomic E-state index is 9.02. The fourth-order valence-corrected chi connectivity index (χ4v) is 1.77. The lowest BCUT2D eigenvalue weighted by atomic mass is 10.1. The van der Waals surface area contributed by atoms with E-state index in [1.165, 1.54) is 0 Å². The summed E-state index contributed by atoms with van der Waals surface area (Å²) in [6, 6.07) is 13.3. The first kappa shape index (κ1) is 12.6. The molecule has 2 aromatic rings. The lowest BCUT2D eigenvalue weighted by molar-refractivity contribution is 0.881. The number of anilines is 1. The molecule has 1 atom stereocenters. The van der Waals surface area contributed by atoms with Crippen molar-refractivity contribution in [1.29, 1.82) is 10.5 Å². The second-order valence-corrected chi connectivity index (χ2v) is 4.13. The van der Waals surface area contributed by atoms with E-state index in [0.717, 1.165) is 5.56 Å². The summed E-state index contributed by atoms with van der Waals surface area (Å²) in [5.41, 5.74) is 2.96. The van der Waals surface area contributed by atoms with Crippen LogP contribution in [0.15, 0.2) is 42.7 Å². The van der Waals surface area contributed by atoms with Crippen LogP contribution in [0.25, 0.3) is 0 Å². The average Bonchev–Trinajstić information content (AvgIpc) is 2.48. The number of hydrogen-bond acceptors (Lipinski definition) is 4. The van der Waals surface area contributed by atoms with Crippen molar-refractivity contribution in [2.45, 2.75) is 13.0 Å². The number of benzene rings is 1. The van der Waals surface area contributed by atoms with Crippen LogP contribution in [0.3, 0.4) is 0 Å². The molecule has 0 aliphatic rings. The second kappa shape index (κ2) is 5.66. The van der Waals surface area contributed by atoms with E-state index in [0.29, 0.717) is 16.8 Å². The Balaban J connectivity index is 2.19. The van der Waals surface area contributed by atoms with E-state index in [1.54, 1.807) is 30.6 Å². The van der Waals surface area contributed by atoms with Crippen LogP contribution in [0.1, 0.15) is 29.7 Å². The number of rotatable bonds is 3. The molecule has 1 aromatic carbocycles. The quantitative estimate of drug-likeness (QED) is 0.906. The Morgan fingerprint density at radius 2 is 1.84 bits per heavy atom. The van der Waals surface area contributed by atoms with Gasteiger partial charge < -0.3 is 5.32 Å². The Morgan fingerprint density at radius 3 is 2.47 bits per heavy atom. The molecule has 0 bridgehead atoms. The van der Waals surface area contributed by atoms with Gasteiger partial charge in [-0.2, -0.15) is 10.5 Å². The minimum Gasteiger partial charge on any atom is -0.376 e. The molecule has 1 aromatic heterocycles. The summed E-state index contributed by atoms with van der Waals surface area (Å²) in [5.74, 6) is 0. The maximum Gasteiger partial charge on any atom is 0.101 e. The Bertz CT molecular complexity index is 647. The molecule has 0 aliphatic carbocycles. The third kappa shape index (κ3) is 2.88. The van der Waals surface area contributed by atoms with E-state index < -0.39 is 0 Å². The molecule has 1 unspecified atom stereocenters. The molecule has 0 radical (unpaired) electrons. The Kier molecular flexibility index (Phi) is 3.75. The van der Waals surface area contributed by atoms with Gasteiger partial charge in [0.2, 0.25) is 0 Å². The van der Waals surface area contributed by atoms with Gasteiger partial charge in [-0.05, 0) is 30.7 Å². The van der Waals surface area contributed by atoms with Crippen molar-refractivity contribution in [3.05, 3.63) is 59.4 Å². The molecule has 0 amide bonds. The predicted octanol–water partition coefficient (Wildman–Crippen LogP) is 3.00. The maximum atomic E-state index is 9.02. The number of nitrogens with one attached hydrogen (secondary N) is 1. The summed E-state index contributed by atoms with van der Waals surface area (Å²) >= 11 is 0. The van der Waals surface area contributed by atoms with Crippen molar-refractivity contribution in [3.8, 4) is 12.1 Å². The van der Waals surface area contributed by atoms with Gasteiger partial charge in [-0.15, -0.1) is 0 Å². The van der Waals surface area contributed by atoms with Crippen LogP contribution < -0.4 is 5.32 Å². The number of nitrogens with zero attached hydrogens (tertiary/aromatic N) is 3. The molecular weight excluding hydrogens is 236 g/mol. The Labute approximate surface area is 112 Å². The number of aromatic nitrogens is 1. The van der Waals surface area contributed by atoms with Gasteiger partial charge >= 0.3 is 0 Å². The minimum absolute atomic E-state index is 0.0315.